The Morgan fingerprint density at radius 1 is 1.35 bits per heavy atom. The maximum atomic E-state index is 12.8. The average molecular weight is 359 g/mol. The first-order chi connectivity index (χ1) is 12.6. The molecule has 2 heterocycles. The lowest BCUT2D eigenvalue weighted by Crippen LogP contribution is -2.48. The predicted octanol–water partition coefficient (Wildman–Crippen LogP) is 1.58. The van der Waals surface area contributed by atoms with Crippen molar-refractivity contribution in [1.29, 1.82) is 0 Å². The summed E-state index contributed by atoms with van der Waals surface area (Å²) in [5.74, 6) is 1.28. The zero-order valence-electron chi connectivity index (χ0n) is 15.3. The van der Waals surface area contributed by atoms with Gasteiger partial charge in [-0.05, 0) is 54.9 Å². The zero-order chi connectivity index (χ0) is 18.1. The number of hydrogen-bond acceptors (Lipinski definition) is 5. The van der Waals surface area contributed by atoms with Crippen molar-refractivity contribution < 1.29 is 14.6 Å². The van der Waals surface area contributed by atoms with E-state index in [1.54, 1.807) is 0 Å². The fraction of sp³-hybridized carbons (Fsp3) is 0.650. The molecule has 3 atom stereocenters. The van der Waals surface area contributed by atoms with Gasteiger partial charge in [-0.15, -0.1) is 0 Å². The fourth-order valence-electron chi connectivity index (χ4n) is 4.36. The zero-order valence-corrected chi connectivity index (χ0v) is 15.3. The largest absolute Gasteiger partial charge is 0.493 e. The first-order valence-corrected chi connectivity index (χ1v) is 9.89. The summed E-state index contributed by atoms with van der Waals surface area (Å²) in [6.07, 6.45) is 5.16. The summed E-state index contributed by atoms with van der Waals surface area (Å²) in [4.78, 5) is 12.8. The van der Waals surface area contributed by atoms with E-state index in [1.165, 1.54) is 5.56 Å². The Morgan fingerprint density at radius 3 is 2.96 bits per heavy atom. The van der Waals surface area contributed by atoms with Gasteiger partial charge in [-0.3, -0.25) is 10.2 Å². The van der Waals surface area contributed by atoms with E-state index in [1.807, 2.05) is 6.07 Å². The molecule has 0 bridgehead atoms. The highest BCUT2D eigenvalue weighted by Gasteiger charge is 2.38. The topological polar surface area (TPSA) is 82.6 Å². The molecule has 3 unspecified atom stereocenters. The van der Waals surface area contributed by atoms with Crippen molar-refractivity contribution in [1.82, 2.24) is 16.2 Å². The van der Waals surface area contributed by atoms with Gasteiger partial charge in [0.1, 0.15) is 11.8 Å². The molecule has 3 aliphatic rings. The molecule has 26 heavy (non-hydrogen) atoms. The lowest BCUT2D eigenvalue weighted by Gasteiger charge is -2.38. The third-order valence-corrected chi connectivity index (χ3v) is 5.93. The van der Waals surface area contributed by atoms with E-state index in [-0.39, 0.29) is 30.0 Å². The van der Waals surface area contributed by atoms with Crippen molar-refractivity contribution in [2.24, 2.45) is 5.92 Å². The molecule has 6 heteroatoms. The molecule has 1 aromatic carbocycles. The van der Waals surface area contributed by atoms with Gasteiger partial charge in [0, 0.05) is 12.5 Å². The van der Waals surface area contributed by atoms with Crippen molar-refractivity contribution in [2.75, 3.05) is 6.61 Å². The Balaban J connectivity index is 1.47. The van der Waals surface area contributed by atoms with Crippen LogP contribution in [0.1, 0.15) is 56.2 Å². The van der Waals surface area contributed by atoms with Gasteiger partial charge in [0.15, 0.2) is 0 Å². The number of carbonyl (C=O) groups excluding carboxylic acids is 1. The molecule has 6 nitrogen and oxygen atoms in total. The number of ether oxygens (including phenoxy) is 1. The molecule has 1 aromatic rings. The molecule has 1 aliphatic carbocycles. The number of hydrogen-bond donors (Lipinski definition) is 4. The van der Waals surface area contributed by atoms with Gasteiger partial charge >= 0.3 is 0 Å². The van der Waals surface area contributed by atoms with Crippen molar-refractivity contribution in [3.63, 3.8) is 0 Å². The second-order valence-electron chi connectivity index (χ2n) is 7.90. The van der Waals surface area contributed by atoms with Crippen LogP contribution in [-0.2, 0) is 11.2 Å². The number of amides is 1. The predicted molar refractivity (Wildman–Crippen MR) is 98.6 cm³/mol. The van der Waals surface area contributed by atoms with Gasteiger partial charge in [0.05, 0.1) is 18.8 Å². The number of rotatable bonds is 6. The van der Waals surface area contributed by atoms with Crippen molar-refractivity contribution in [3.05, 3.63) is 29.3 Å². The Morgan fingerprint density at radius 2 is 2.19 bits per heavy atom. The molecule has 1 saturated carbocycles. The van der Waals surface area contributed by atoms with Gasteiger partial charge in [-0.25, -0.2) is 5.43 Å². The molecule has 4 N–H and O–H groups in total. The highest BCUT2D eigenvalue weighted by molar-refractivity contribution is 5.82. The highest BCUT2D eigenvalue weighted by Crippen LogP contribution is 2.40. The summed E-state index contributed by atoms with van der Waals surface area (Å²) in [6, 6.07) is 6.34. The van der Waals surface area contributed by atoms with Crippen LogP contribution in [0.25, 0.3) is 0 Å². The molecule has 142 valence electrons. The van der Waals surface area contributed by atoms with E-state index in [0.717, 1.165) is 56.4 Å². The van der Waals surface area contributed by atoms with Crippen LogP contribution in [0.15, 0.2) is 18.2 Å². The molecule has 4 rings (SSSR count). The van der Waals surface area contributed by atoms with Crippen LogP contribution in [0.4, 0.5) is 0 Å². The summed E-state index contributed by atoms with van der Waals surface area (Å²) in [5.41, 5.74) is 8.71. The first-order valence-electron chi connectivity index (χ1n) is 9.89. The number of aliphatic hydroxyl groups is 1. The SMILES string of the molecule is CCCC1CC(C(=O)NC(c2ccc3c(c2)CCO3)C2CC(O)C2)NN1. The summed E-state index contributed by atoms with van der Waals surface area (Å²) >= 11 is 0. The quantitative estimate of drug-likeness (QED) is 0.620. The molecule has 0 aromatic heterocycles. The third kappa shape index (κ3) is 3.59. The highest BCUT2D eigenvalue weighted by atomic mass is 16.5. The van der Waals surface area contributed by atoms with Gasteiger partial charge in [0.25, 0.3) is 0 Å². The van der Waals surface area contributed by atoms with E-state index in [4.69, 9.17) is 4.74 Å². The molecule has 1 amide bonds. The number of fused-ring (bicyclic) bond motifs is 1. The van der Waals surface area contributed by atoms with Crippen molar-refractivity contribution in [3.8, 4) is 5.75 Å². The van der Waals surface area contributed by atoms with Crippen LogP contribution in [0.5, 0.6) is 5.75 Å². The van der Waals surface area contributed by atoms with Crippen LogP contribution in [0.3, 0.4) is 0 Å². The second kappa shape index (κ2) is 7.55. The van der Waals surface area contributed by atoms with Gasteiger partial charge in [-0.1, -0.05) is 19.4 Å². The minimum Gasteiger partial charge on any atom is -0.493 e. The van der Waals surface area contributed by atoms with Gasteiger partial charge in [-0.2, -0.15) is 0 Å². The van der Waals surface area contributed by atoms with E-state index >= 15 is 0 Å². The number of benzene rings is 1. The monoisotopic (exact) mass is 359 g/mol. The Bertz CT molecular complexity index is 660. The fourth-order valence-corrected chi connectivity index (χ4v) is 4.36. The Hall–Kier alpha value is -1.63. The lowest BCUT2D eigenvalue weighted by atomic mass is 9.74. The molecule has 0 spiro atoms. The van der Waals surface area contributed by atoms with E-state index < -0.39 is 0 Å². The number of hydrazine groups is 1. The Labute approximate surface area is 154 Å². The lowest BCUT2D eigenvalue weighted by molar-refractivity contribution is -0.124. The molecule has 1 saturated heterocycles. The standard InChI is InChI=1S/C20H29N3O3/c1-2-3-15-11-17(23-22-15)20(25)21-19(14-9-16(24)10-14)13-4-5-18-12(8-13)6-7-26-18/h4-5,8,14-17,19,22-24H,2-3,6-7,9-11H2,1H3,(H,21,25). The maximum Gasteiger partial charge on any atom is 0.239 e. The summed E-state index contributed by atoms with van der Waals surface area (Å²) in [5, 5.41) is 13.0. The first kappa shape index (κ1) is 17.8. The van der Waals surface area contributed by atoms with Crippen molar-refractivity contribution >= 4 is 5.91 Å². The van der Waals surface area contributed by atoms with Crippen LogP contribution in [-0.4, -0.2) is 35.8 Å². The molecular formula is C20H29N3O3. The van der Waals surface area contributed by atoms with Crippen molar-refractivity contribution in [2.45, 2.75) is 69.7 Å². The Kier molecular flexibility index (Phi) is 5.16. The number of aliphatic hydroxyl groups excluding tert-OH is 1. The van der Waals surface area contributed by atoms with E-state index in [2.05, 4.69) is 35.2 Å². The van der Waals surface area contributed by atoms with Gasteiger partial charge in [0.2, 0.25) is 5.91 Å². The maximum absolute atomic E-state index is 12.8. The molecular weight excluding hydrogens is 330 g/mol. The average Bonchev–Trinajstić information content (AvgIpc) is 3.26. The smallest absolute Gasteiger partial charge is 0.239 e. The summed E-state index contributed by atoms with van der Waals surface area (Å²) in [6.45, 7) is 2.89. The molecule has 0 radical (unpaired) electrons. The normalized spacial score (nSPS) is 31.0. The second-order valence-corrected chi connectivity index (χ2v) is 7.90. The van der Waals surface area contributed by atoms with Gasteiger partial charge < -0.3 is 15.2 Å². The summed E-state index contributed by atoms with van der Waals surface area (Å²) < 4.78 is 5.60. The van der Waals surface area contributed by atoms with Crippen LogP contribution in [0, 0.1) is 5.92 Å². The third-order valence-electron chi connectivity index (χ3n) is 5.93. The molecule has 2 fully saturated rings. The minimum atomic E-state index is -0.239. The van der Waals surface area contributed by atoms with Crippen LogP contribution < -0.4 is 20.9 Å². The minimum absolute atomic E-state index is 0.0410. The van der Waals surface area contributed by atoms with E-state index in [9.17, 15) is 9.90 Å². The van der Waals surface area contributed by atoms with E-state index in [0.29, 0.717) is 6.04 Å². The summed E-state index contributed by atoms with van der Waals surface area (Å²) in [7, 11) is 0. The molecule has 2 aliphatic heterocycles. The number of nitrogens with one attached hydrogen (secondary N) is 3. The number of carbonyl (C=O) groups is 1. The van der Waals surface area contributed by atoms with Crippen LogP contribution in [0.2, 0.25) is 0 Å². The van der Waals surface area contributed by atoms with Crippen LogP contribution >= 0.6 is 0 Å².